The number of benzene rings is 2. The summed E-state index contributed by atoms with van der Waals surface area (Å²) in [6, 6.07) is 2.94. The molecule has 0 amide bonds. The summed E-state index contributed by atoms with van der Waals surface area (Å²) in [6.45, 7) is -0.724. The van der Waals surface area contributed by atoms with Crippen molar-refractivity contribution in [1.82, 2.24) is 0 Å². The predicted molar refractivity (Wildman–Crippen MR) is 80.2 cm³/mol. The Bertz CT molecular complexity index is 792. The van der Waals surface area contributed by atoms with Gasteiger partial charge < -0.3 is 10.5 Å². The fourth-order valence-corrected chi connectivity index (χ4v) is 2.26. The maximum absolute atomic E-state index is 12.8. The zero-order valence-corrected chi connectivity index (χ0v) is 13.7. The van der Waals surface area contributed by atoms with Crippen LogP contribution in [0.4, 0.5) is 39.5 Å². The molecule has 154 valence electrons. The van der Waals surface area contributed by atoms with E-state index in [0.29, 0.717) is 12.1 Å². The van der Waals surface area contributed by atoms with E-state index >= 15 is 0 Å². The lowest BCUT2D eigenvalue weighted by Gasteiger charge is -2.17. The molecule has 0 spiro atoms. The minimum atomic E-state index is -5.02. The van der Waals surface area contributed by atoms with E-state index in [-0.39, 0.29) is 17.4 Å². The average molecular weight is 417 g/mol. The summed E-state index contributed by atoms with van der Waals surface area (Å²) in [5, 5.41) is 0. The molecule has 0 aromatic heterocycles. The van der Waals surface area contributed by atoms with Crippen LogP contribution in [-0.4, -0.2) is 6.18 Å². The van der Waals surface area contributed by atoms with Crippen molar-refractivity contribution in [2.45, 2.75) is 31.2 Å². The van der Waals surface area contributed by atoms with Gasteiger partial charge in [0, 0.05) is 0 Å². The third-order valence-electron chi connectivity index (χ3n) is 3.62. The number of nitrogens with two attached hydrogens (primary N) is 1. The minimum Gasteiger partial charge on any atom is -0.489 e. The van der Waals surface area contributed by atoms with Crippen LogP contribution in [0.15, 0.2) is 42.5 Å². The molecular weight excluding hydrogens is 405 g/mol. The van der Waals surface area contributed by atoms with Crippen molar-refractivity contribution in [3.8, 4) is 5.75 Å². The summed E-state index contributed by atoms with van der Waals surface area (Å²) in [5.41, 5.74) is 1.19. The van der Waals surface area contributed by atoms with Crippen LogP contribution < -0.4 is 10.5 Å². The Morgan fingerprint density at radius 2 is 1.32 bits per heavy atom. The van der Waals surface area contributed by atoms with Crippen molar-refractivity contribution < 1.29 is 44.3 Å². The van der Waals surface area contributed by atoms with Gasteiger partial charge in [-0.3, -0.25) is 0 Å². The van der Waals surface area contributed by atoms with Gasteiger partial charge in [-0.15, -0.1) is 0 Å². The SMILES string of the molecule is N[C@H](c1cccc(OCc2cc(C(F)(F)F)cc(C(F)(F)F)c2)c1)C(F)(F)F. The Balaban J connectivity index is 2.27. The Hall–Kier alpha value is -2.43. The highest BCUT2D eigenvalue weighted by Crippen LogP contribution is 2.37. The van der Waals surface area contributed by atoms with Crippen LogP contribution in [0.3, 0.4) is 0 Å². The molecule has 0 saturated carbocycles. The second-order valence-corrected chi connectivity index (χ2v) is 5.79. The van der Waals surface area contributed by atoms with Crippen LogP contribution in [-0.2, 0) is 19.0 Å². The van der Waals surface area contributed by atoms with E-state index in [1.54, 1.807) is 0 Å². The fourth-order valence-electron chi connectivity index (χ4n) is 2.26. The first-order chi connectivity index (χ1) is 12.7. The maximum atomic E-state index is 12.8. The Morgan fingerprint density at radius 3 is 1.79 bits per heavy atom. The molecule has 0 aliphatic heterocycles. The first-order valence-corrected chi connectivity index (χ1v) is 7.51. The highest BCUT2D eigenvalue weighted by Gasteiger charge is 2.38. The van der Waals surface area contributed by atoms with Gasteiger partial charge in [0.25, 0.3) is 0 Å². The standard InChI is InChI=1S/C17H12F9NO/c18-15(19,20)11-4-9(5-12(7-11)16(21,22)23)8-28-13-3-1-2-10(6-13)14(27)17(24,25)26/h1-7,14H,8,27H2/t14-/m1/s1. The number of rotatable bonds is 4. The second-order valence-electron chi connectivity index (χ2n) is 5.79. The average Bonchev–Trinajstić information content (AvgIpc) is 2.57. The monoisotopic (exact) mass is 417 g/mol. The molecule has 2 aromatic carbocycles. The summed E-state index contributed by atoms with van der Waals surface area (Å²) < 4.78 is 120. The number of alkyl halides is 9. The van der Waals surface area contributed by atoms with Crippen molar-refractivity contribution in [2.24, 2.45) is 5.73 Å². The molecular formula is C17H12F9NO. The van der Waals surface area contributed by atoms with Gasteiger partial charge in [0.15, 0.2) is 0 Å². The molecule has 2 N–H and O–H groups in total. The Morgan fingerprint density at radius 1 is 0.786 bits per heavy atom. The molecule has 11 heteroatoms. The molecule has 0 heterocycles. The smallest absolute Gasteiger partial charge is 0.416 e. The maximum Gasteiger partial charge on any atom is 0.416 e. The van der Waals surface area contributed by atoms with Crippen molar-refractivity contribution >= 4 is 0 Å². The molecule has 0 unspecified atom stereocenters. The van der Waals surface area contributed by atoms with Gasteiger partial charge in [-0.2, -0.15) is 39.5 Å². The van der Waals surface area contributed by atoms with Crippen LogP contribution >= 0.6 is 0 Å². The largest absolute Gasteiger partial charge is 0.489 e. The number of ether oxygens (including phenoxy) is 1. The molecule has 0 fully saturated rings. The van der Waals surface area contributed by atoms with Crippen LogP contribution in [0.1, 0.15) is 28.3 Å². The molecule has 0 saturated heterocycles. The van der Waals surface area contributed by atoms with E-state index in [4.69, 9.17) is 10.5 Å². The molecule has 0 aliphatic rings. The molecule has 2 rings (SSSR count). The molecule has 0 aliphatic carbocycles. The van der Waals surface area contributed by atoms with Gasteiger partial charge in [0.05, 0.1) is 11.1 Å². The highest BCUT2D eigenvalue weighted by molar-refractivity contribution is 5.35. The Kier molecular flexibility index (Phi) is 5.88. The zero-order valence-electron chi connectivity index (χ0n) is 13.7. The van der Waals surface area contributed by atoms with E-state index in [9.17, 15) is 39.5 Å². The molecule has 28 heavy (non-hydrogen) atoms. The summed E-state index contributed by atoms with van der Waals surface area (Å²) in [5.74, 6) is -0.192. The number of hydrogen-bond acceptors (Lipinski definition) is 2. The molecule has 0 radical (unpaired) electrons. The third-order valence-corrected chi connectivity index (χ3v) is 3.62. The summed E-state index contributed by atoms with van der Waals surface area (Å²) in [4.78, 5) is 0. The summed E-state index contributed by atoms with van der Waals surface area (Å²) >= 11 is 0. The first-order valence-electron chi connectivity index (χ1n) is 7.51. The molecule has 2 nitrogen and oxygen atoms in total. The number of hydrogen-bond donors (Lipinski definition) is 1. The lowest BCUT2D eigenvalue weighted by atomic mass is 10.0. The van der Waals surface area contributed by atoms with Crippen LogP contribution in [0.2, 0.25) is 0 Å². The summed E-state index contributed by atoms with van der Waals surface area (Å²) in [6.07, 6.45) is -14.8. The van der Waals surface area contributed by atoms with Crippen LogP contribution in [0.25, 0.3) is 0 Å². The first kappa shape index (κ1) is 21.9. The third kappa shape index (κ3) is 5.54. The van der Waals surface area contributed by atoms with Crippen molar-refractivity contribution in [3.63, 3.8) is 0 Å². The van der Waals surface area contributed by atoms with Gasteiger partial charge >= 0.3 is 18.5 Å². The number of halogens is 9. The Labute approximate surface area is 152 Å². The highest BCUT2D eigenvalue weighted by atomic mass is 19.4. The predicted octanol–water partition coefficient (Wildman–Crippen LogP) is 5.87. The van der Waals surface area contributed by atoms with Crippen LogP contribution in [0.5, 0.6) is 5.75 Å². The minimum absolute atomic E-state index is 0.0352. The van der Waals surface area contributed by atoms with Gasteiger partial charge in [-0.25, -0.2) is 0 Å². The van der Waals surface area contributed by atoms with Crippen molar-refractivity contribution in [1.29, 1.82) is 0 Å². The van der Waals surface area contributed by atoms with E-state index in [2.05, 4.69) is 0 Å². The molecule has 0 bridgehead atoms. The fraction of sp³-hybridized carbons (Fsp3) is 0.294. The van der Waals surface area contributed by atoms with E-state index in [1.165, 1.54) is 12.1 Å². The van der Waals surface area contributed by atoms with Crippen LogP contribution in [0, 0.1) is 0 Å². The zero-order chi connectivity index (χ0) is 21.3. The van der Waals surface area contributed by atoms with Crippen molar-refractivity contribution in [3.05, 3.63) is 64.7 Å². The summed E-state index contributed by atoms with van der Waals surface area (Å²) in [7, 11) is 0. The quantitative estimate of drug-likeness (QED) is 0.632. The van der Waals surface area contributed by atoms with Crippen molar-refractivity contribution in [2.75, 3.05) is 0 Å². The van der Waals surface area contributed by atoms with E-state index in [1.807, 2.05) is 0 Å². The molecule has 2 aromatic rings. The topological polar surface area (TPSA) is 35.2 Å². The van der Waals surface area contributed by atoms with E-state index < -0.39 is 47.9 Å². The van der Waals surface area contributed by atoms with Gasteiger partial charge in [0.1, 0.15) is 18.4 Å². The lowest BCUT2D eigenvalue weighted by Crippen LogP contribution is -2.28. The van der Waals surface area contributed by atoms with Gasteiger partial charge in [-0.1, -0.05) is 12.1 Å². The normalized spacial score (nSPS) is 14.1. The van der Waals surface area contributed by atoms with E-state index in [0.717, 1.165) is 12.1 Å². The second kappa shape index (κ2) is 7.53. The lowest BCUT2D eigenvalue weighted by molar-refractivity contribution is -0.149. The molecule has 1 atom stereocenters. The van der Waals surface area contributed by atoms with Gasteiger partial charge in [-0.05, 0) is 41.5 Å². The van der Waals surface area contributed by atoms with Gasteiger partial charge in [0.2, 0.25) is 0 Å².